The van der Waals surface area contributed by atoms with E-state index < -0.39 is 0 Å². The number of thiophene rings is 1. The summed E-state index contributed by atoms with van der Waals surface area (Å²) >= 11 is 11.7. The van der Waals surface area contributed by atoms with Crippen molar-refractivity contribution >= 4 is 38.9 Å². The Morgan fingerprint density at radius 1 is 1.52 bits per heavy atom. The van der Waals surface area contributed by atoms with Gasteiger partial charge in [0.25, 0.3) is 0 Å². The first-order valence-electron chi connectivity index (χ1n) is 6.97. The second-order valence-electron chi connectivity index (χ2n) is 4.91. The average Bonchev–Trinajstić information content (AvgIpc) is 2.96. The van der Waals surface area contributed by atoms with Crippen LogP contribution in [0.1, 0.15) is 41.7 Å². The molecule has 0 amide bonds. The first-order chi connectivity index (χ1) is 10.0. The number of nitrogens with two attached hydrogens (primary N) is 1. The molecule has 21 heavy (non-hydrogen) atoms. The number of rotatable bonds is 6. The molecule has 0 aliphatic carbocycles. The molecule has 0 aromatic carbocycles. The Morgan fingerprint density at radius 3 is 2.71 bits per heavy atom. The Bertz CT molecular complexity index is 603. The van der Waals surface area contributed by atoms with Gasteiger partial charge in [0, 0.05) is 17.8 Å². The molecule has 0 aliphatic rings. The second-order valence-corrected chi connectivity index (χ2v) is 7.69. The van der Waals surface area contributed by atoms with Crippen molar-refractivity contribution in [2.75, 3.05) is 0 Å². The van der Waals surface area contributed by atoms with Crippen molar-refractivity contribution in [1.82, 2.24) is 15.2 Å². The van der Waals surface area contributed by atoms with Gasteiger partial charge in [-0.05, 0) is 47.8 Å². The maximum atomic E-state index is 6.48. The van der Waals surface area contributed by atoms with E-state index in [2.05, 4.69) is 53.3 Å². The fraction of sp³-hybridized carbons (Fsp3) is 0.500. The third-order valence-corrected chi connectivity index (χ3v) is 6.20. The van der Waals surface area contributed by atoms with Crippen molar-refractivity contribution in [2.45, 2.75) is 46.2 Å². The Morgan fingerprint density at radius 2 is 2.24 bits per heavy atom. The van der Waals surface area contributed by atoms with Gasteiger partial charge in [-0.1, -0.05) is 18.5 Å². The molecule has 3 N–H and O–H groups in total. The van der Waals surface area contributed by atoms with Crippen LogP contribution >= 0.6 is 38.9 Å². The minimum atomic E-state index is 0.0317. The van der Waals surface area contributed by atoms with Gasteiger partial charge in [0.05, 0.1) is 26.2 Å². The first-order valence-corrected chi connectivity index (χ1v) is 8.96. The number of hydrogen-bond acceptors (Lipinski definition) is 4. The van der Waals surface area contributed by atoms with E-state index in [1.807, 2.05) is 4.68 Å². The normalized spacial score (nSPS) is 12.9. The van der Waals surface area contributed by atoms with Crippen LogP contribution in [-0.2, 0) is 19.4 Å². The molecule has 0 saturated heterocycles. The van der Waals surface area contributed by atoms with Crippen LogP contribution < -0.4 is 11.3 Å². The van der Waals surface area contributed by atoms with Crippen LogP contribution in [0.4, 0.5) is 0 Å². The molecule has 2 heterocycles. The largest absolute Gasteiger partial charge is 0.271 e. The molecule has 0 aliphatic heterocycles. The van der Waals surface area contributed by atoms with Gasteiger partial charge in [-0.3, -0.25) is 16.0 Å². The van der Waals surface area contributed by atoms with Crippen molar-refractivity contribution in [3.63, 3.8) is 0 Å². The number of hydrazine groups is 1. The molecule has 0 radical (unpaired) electrons. The molecule has 7 heteroatoms. The smallest absolute Gasteiger partial charge is 0.0850 e. The minimum Gasteiger partial charge on any atom is -0.271 e. The van der Waals surface area contributed by atoms with Crippen molar-refractivity contribution in [3.05, 3.63) is 36.7 Å². The highest BCUT2D eigenvalue weighted by molar-refractivity contribution is 9.11. The number of nitrogens with zero attached hydrogens (tertiary/aromatic N) is 2. The number of aryl methyl sites for hydroxylation is 3. The van der Waals surface area contributed by atoms with E-state index in [4.69, 9.17) is 17.4 Å². The second kappa shape index (κ2) is 7.24. The van der Waals surface area contributed by atoms with Crippen molar-refractivity contribution in [2.24, 2.45) is 5.84 Å². The van der Waals surface area contributed by atoms with E-state index in [-0.39, 0.29) is 6.04 Å². The van der Waals surface area contributed by atoms with Gasteiger partial charge in [-0.2, -0.15) is 5.10 Å². The molecule has 0 saturated carbocycles. The van der Waals surface area contributed by atoms with Crippen LogP contribution in [0.5, 0.6) is 0 Å². The molecule has 0 bridgehead atoms. The van der Waals surface area contributed by atoms with Crippen molar-refractivity contribution < 1.29 is 0 Å². The molecular weight excluding hydrogens is 372 g/mol. The van der Waals surface area contributed by atoms with Crippen LogP contribution in [0.3, 0.4) is 0 Å². The summed E-state index contributed by atoms with van der Waals surface area (Å²) in [7, 11) is 0. The third kappa shape index (κ3) is 3.51. The summed E-state index contributed by atoms with van der Waals surface area (Å²) in [5.74, 6) is 5.76. The predicted molar refractivity (Wildman–Crippen MR) is 92.8 cm³/mol. The highest BCUT2D eigenvalue weighted by atomic mass is 79.9. The number of halogens is 2. The Balaban J connectivity index is 2.32. The lowest BCUT2D eigenvalue weighted by Gasteiger charge is -2.15. The summed E-state index contributed by atoms with van der Waals surface area (Å²) in [6, 6.07) is 2.19. The molecule has 2 rings (SSSR count). The highest BCUT2D eigenvalue weighted by Gasteiger charge is 2.21. The first kappa shape index (κ1) is 17.0. The zero-order valence-electron chi connectivity index (χ0n) is 12.4. The maximum Gasteiger partial charge on any atom is 0.0850 e. The van der Waals surface area contributed by atoms with Crippen molar-refractivity contribution in [3.8, 4) is 0 Å². The lowest BCUT2D eigenvalue weighted by atomic mass is 10.1. The predicted octanol–water partition coefficient (Wildman–Crippen LogP) is 4.00. The minimum absolute atomic E-state index is 0.0317. The van der Waals surface area contributed by atoms with E-state index in [0.29, 0.717) is 0 Å². The maximum absolute atomic E-state index is 6.48. The van der Waals surface area contributed by atoms with Crippen LogP contribution in [0, 0.1) is 6.92 Å². The molecular formula is C14H20BrClN4S. The standard InChI is InChI=1S/C14H20BrClN4S/c1-4-9-13(16)11(20(5-2)19-9)7-10(18-17)12-6-8(3)14(15)21-12/h6,10,18H,4-5,7,17H2,1-3H3. The van der Waals surface area contributed by atoms with Crippen LogP contribution in [0.2, 0.25) is 5.02 Å². The number of aromatic nitrogens is 2. The lowest BCUT2D eigenvalue weighted by Crippen LogP contribution is -2.29. The van der Waals surface area contributed by atoms with Gasteiger partial charge in [-0.25, -0.2) is 0 Å². The van der Waals surface area contributed by atoms with Crippen LogP contribution in [0.25, 0.3) is 0 Å². The van der Waals surface area contributed by atoms with Crippen molar-refractivity contribution in [1.29, 1.82) is 0 Å². The van der Waals surface area contributed by atoms with Gasteiger partial charge in [0.15, 0.2) is 0 Å². The topological polar surface area (TPSA) is 55.9 Å². The third-order valence-electron chi connectivity index (χ3n) is 3.51. The summed E-state index contributed by atoms with van der Waals surface area (Å²) < 4.78 is 3.11. The van der Waals surface area contributed by atoms with Gasteiger partial charge < -0.3 is 0 Å². The van der Waals surface area contributed by atoms with E-state index in [9.17, 15) is 0 Å². The molecule has 116 valence electrons. The van der Waals surface area contributed by atoms with Crippen LogP contribution in [-0.4, -0.2) is 9.78 Å². The summed E-state index contributed by atoms with van der Waals surface area (Å²) in [6.45, 7) is 7.02. The van der Waals surface area contributed by atoms with E-state index >= 15 is 0 Å². The molecule has 0 fully saturated rings. The van der Waals surface area contributed by atoms with E-state index in [1.165, 1.54) is 10.4 Å². The zero-order chi connectivity index (χ0) is 15.6. The number of hydrogen-bond donors (Lipinski definition) is 2. The lowest BCUT2D eigenvalue weighted by molar-refractivity contribution is 0.522. The fourth-order valence-electron chi connectivity index (χ4n) is 2.30. The van der Waals surface area contributed by atoms with Gasteiger partial charge in [-0.15, -0.1) is 11.3 Å². The summed E-state index contributed by atoms with van der Waals surface area (Å²) in [4.78, 5) is 1.19. The Labute approximate surface area is 142 Å². The highest BCUT2D eigenvalue weighted by Crippen LogP contribution is 2.34. The van der Waals surface area contributed by atoms with Gasteiger partial charge >= 0.3 is 0 Å². The molecule has 1 unspecified atom stereocenters. The molecule has 1 atom stereocenters. The summed E-state index contributed by atoms with van der Waals surface area (Å²) in [5, 5.41) is 5.33. The Hall–Kier alpha value is -0.400. The summed E-state index contributed by atoms with van der Waals surface area (Å²) in [6.07, 6.45) is 1.56. The molecule has 4 nitrogen and oxygen atoms in total. The van der Waals surface area contributed by atoms with E-state index in [0.717, 1.165) is 39.6 Å². The summed E-state index contributed by atoms with van der Waals surface area (Å²) in [5.41, 5.74) is 6.12. The zero-order valence-corrected chi connectivity index (χ0v) is 15.6. The van der Waals surface area contributed by atoms with Gasteiger partial charge in [0.1, 0.15) is 0 Å². The average molecular weight is 392 g/mol. The van der Waals surface area contributed by atoms with E-state index in [1.54, 1.807) is 11.3 Å². The fourth-order valence-corrected chi connectivity index (χ4v) is 4.28. The SMILES string of the molecule is CCc1nn(CC)c(CC(NN)c2cc(C)c(Br)s2)c1Cl. The monoisotopic (exact) mass is 390 g/mol. The van der Waals surface area contributed by atoms with Gasteiger partial charge in [0.2, 0.25) is 0 Å². The molecule has 2 aromatic heterocycles. The quantitative estimate of drug-likeness (QED) is 0.578. The molecule has 2 aromatic rings. The molecule has 0 spiro atoms. The Kier molecular flexibility index (Phi) is 5.85. The van der Waals surface area contributed by atoms with Crippen LogP contribution in [0.15, 0.2) is 9.85 Å². The number of nitrogens with one attached hydrogen (secondary N) is 1.